The molecule has 1 aromatic heterocycles. The summed E-state index contributed by atoms with van der Waals surface area (Å²) in [6.07, 6.45) is 0. The van der Waals surface area contributed by atoms with Gasteiger partial charge < -0.3 is 9.84 Å². The Labute approximate surface area is 99.1 Å². The summed E-state index contributed by atoms with van der Waals surface area (Å²) in [6.45, 7) is 1.44. The number of aromatic hydroxyl groups is 1. The molecule has 0 bridgehead atoms. The number of ketones is 1. The average Bonchev–Trinajstić information content (AvgIpc) is 2.67. The van der Waals surface area contributed by atoms with E-state index in [0.717, 1.165) is 5.69 Å². The Balaban J connectivity index is 2.69. The van der Waals surface area contributed by atoms with Crippen molar-refractivity contribution in [2.75, 3.05) is 7.11 Å². The van der Waals surface area contributed by atoms with Crippen molar-refractivity contribution in [2.45, 2.75) is 6.92 Å². The summed E-state index contributed by atoms with van der Waals surface area (Å²) in [4.78, 5) is 11.6. The van der Waals surface area contributed by atoms with E-state index < -0.39 is 0 Å². The number of aromatic nitrogens is 1. The first-order chi connectivity index (χ1) is 8.15. The first kappa shape index (κ1) is 11.3. The summed E-state index contributed by atoms with van der Waals surface area (Å²) < 4.78 is 6.56. The van der Waals surface area contributed by atoms with Gasteiger partial charge in [0.25, 0.3) is 0 Å². The van der Waals surface area contributed by atoms with Crippen molar-refractivity contribution in [1.29, 1.82) is 0 Å². The molecular formula is C13H13NO3. The highest BCUT2D eigenvalue weighted by Crippen LogP contribution is 2.31. The van der Waals surface area contributed by atoms with Gasteiger partial charge in [-0.3, -0.25) is 9.36 Å². The molecule has 0 aliphatic heterocycles. The number of ether oxygens (including phenoxy) is 1. The molecule has 0 saturated carbocycles. The van der Waals surface area contributed by atoms with Crippen LogP contribution in [0.2, 0.25) is 0 Å². The van der Waals surface area contributed by atoms with E-state index in [2.05, 4.69) is 0 Å². The predicted octanol–water partition coefficient (Wildman–Crippen LogP) is 2.39. The van der Waals surface area contributed by atoms with Gasteiger partial charge >= 0.3 is 0 Å². The molecule has 2 aromatic rings. The molecule has 4 nitrogen and oxygen atoms in total. The molecule has 1 heterocycles. The number of carbonyl (C=O) groups is 1. The third-order valence-electron chi connectivity index (χ3n) is 2.51. The maximum Gasteiger partial charge on any atom is 0.200 e. The van der Waals surface area contributed by atoms with Gasteiger partial charge in [0, 0.05) is 18.7 Å². The molecule has 0 atom stereocenters. The Morgan fingerprint density at radius 1 is 1.29 bits per heavy atom. The van der Waals surface area contributed by atoms with Crippen LogP contribution in [-0.2, 0) is 0 Å². The van der Waals surface area contributed by atoms with Crippen LogP contribution in [0.1, 0.15) is 17.4 Å². The summed E-state index contributed by atoms with van der Waals surface area (Å²) in [6, 6.07) is 10.6. The number of rotatable bonds is 3. The second-order valence-electron chi connectivity index (χ2n) is 3.65. The second-order valence-corrected chi connectivity index (χ2v) is 3.65. The lowest BCUT2D eigenvalue weighted by Crippen LogP contribution is -2.05. The van der Waals surface area contributed by atoms with Crippen LogP contribution in [0.3, 0.4) is 0 Å². The highest BCUT2D eigenvalue weighted by Gasteiger charge is 2.19. The largest absolute Gasteiger partial charge is 0.494 e. The van der Waals surface area contributed by atoms with Crippen LogP contribution in [0.4, 0.5) is 0 Å². The number of carbonyl (C=O) groups excluding carboxylic acids is 1. The quantitative estimate of drug-likeness (QED) is 0.825. The Hall–Kier alpha value is -2.23. The lowest BCUT2D eigenvalue weighted by molar-refractivity contribution is 0.100. The first-order valence-corrected chi connectivity index (χ1v) is 5.20. The fraction of sp³-hybridized carbons (Fsp3) is 0.154. The van der Waals surface area contributed by atoms with Crippen molar-refractivity contribution >= 4 is 5.78 Å². The van der Waals surface area contributed by atoms with Gasteiger partial charge in [0.1, 0.15) is 5.69 Å². The summed E-state index contributed by atoms with van der Waals surface area (Å²) >= 11 is 0. The smallest absolute Gasteiger partial charge is 0.200 e. The van der Waals surface area contributed by atoms with Crippen LogP contribution in [0.25, 0.3) is 5.69 Å². The number of para-hydroxylation sites is 1. The average molecular weight is 231 g/mol. The Kier molecular flexibility index (Phi) is 2.87. The summed E-state index contributed by atoms with van der Waals surface area (Å²) in [7, 11) is 1.47. The highest BCUT2D eigenvalue weighted by molar-refractivity contribution is 5.96. The SMILES string of the molecule is COc1cc(O)n(-c2ccccc2)c1C(C)=O. The maximum absolute atomic E-state index is 11.6. The monoisotopic (exact) mass is 231 g/mol. The predicted molar refractivity (Wildman–Crippen MR) is 64.0 cm³/mol. The molecule has 0 aliphatic carbocycles. The van der Waals surface area contributed by atoms with Crippen molar-refractivity contribution in [3.63, 3.8) is 0 Å². The molecular weight excluding hydrogens is 218 g/mol. The van der Waals surface area contributed by atoms with E-state index in [1.807, 2.05) is 30.3 Å². The number of hydrogen-bond donors (Lipinski definition) is 1. The van der Waals surface area contributed by atoms with Crippen LogP contribution < -0.4 is 4.74 Å². The van der Waals surface area contributed by atoms with Crippen molar-refractivity contribution in [1.82, 2.24) is 4.57 Å². The third-order valence-corrected chi connectivity index (χ3v) is 2.51. The van der Waals surface area contributed by atoms with E-state index in [0.29, 0.717) is 11.4 Å². The molecule has 0 spiro atoms. The second kappa shape index (κ2) is 4.33. The number of hydrogen-bond acceptors (Lipinski definition) is 3. The molecule has 0 saturated heterocycles. The Bertz CT molecular complexity index is 543. The van der Waals surface area contributed by atoms with Gasteiger partial charge in [0.15, 0.2) is 17.4 Å². The minimum Gasteiger partial charge on any atom is -0.494 e. The fourth-order valence-electron chi connectivity index (χ4n) is 1.80. The zero-order valence-electron chi connectivity index (χ0n) is 9.68. The van der Waals surface area contributed by atoms with Crippen LogP contribution in [0.15, 0.2) is 36.4 Å². The number of nitrogens with zero attached hydrogens (tertiary/aromatic N) is 1. The van der Waals surface area contributed by atoms with Crippen molar-refractivity contribution in [3.8, 4) is 17.3 Å². The minimum absolute atomic E-state index is 0.0155. The maximum atomic E-state index is 11.6. The molecule has 0 amide bonds. The molecule has 0 unspecified atom stereocenters. The van der Waals surface area contributed by atoms with Gasteiger partial charge in [-0.05, 0) is 12.1 Å². The molecule has 2 rings (SSSR count). The van der Waals surface area contributed by atoms with Crippen LogP contribution in [0.5, 0.6) is 11.6 Å². The standard InChI is InChI=1S/C13H13NO3/c1-9(15)13-11(17-2)8-12(16)14(13)10-6-4-3-5-7-10/h3-8,16H,1-2H3. The third kappa shape index (κ3) is 1.89. The molecule has 0 fully saturated rings. The van der Waals surface area contributed by atoms with E-state index in [4.69, 9.17) is 4.74 Å². The molecule has 0 aliphatic rings. The Morgan fingerprint density at radius 2 is 1.94 bits per heavy atom. The highest BCUT2D eigenvalue weighted by atomic mass is 16.5. The topological polar surface area (TPSA) is 51.5 Å². The zero-order chi connectivity index (χ0) is 12.4. The number of methoxy groups -OCH3 is 1. The lowest BCUT2D eigenvalue weighted by atomic mass is 10.2. The van der Waals surface area contributed by atoms with Crippen LogP contribution in [0, 0.1) is 0 Å². The van der Waals surface area contributed by atoms with E-state index in [9.17, 15) is 9.90 Å². The van der Waals surface area contributed by atoms with Gasteiger partial charge in [0.05, 0.1) is 7.11 Å². The zero-order valence-corrected chi connectivity index (χ0v) is 9.68. The molecule has 17 heavy (non-hydrogen) atoms. The number of Topliss-reactive ketones (excluding diaryl/α,β-unsaturated/α-hetero) is 1. The minimum atomic E-state index is -0.161. The van der Waals surface area contributed by atoms with E-state index in [1.54, 1.807) is 0 Å². The molecule has 4 heteroatoms. The van der Waals surface area contributed by atoms with Crippen molar-refractivity contribution in [3.05, 3.63) is 42.1 Å². The summed E-state index contributed by atoms with van der Waals surface area (Å²) in [5, 5.41) is 9.88. The summed E-state index contributed by atoms with van der Waals surface area (Å²) in [5.41, 5.74) is 1.06. The van der Waals surface area contributed by atoms with Gasteiger partial charge in [-0.25, -0.2) is 0 Å². The van der Waals surface area contributed by atoms with E-state index in [1.165, 1.54) is 24.7 Å². The first-order valence-electron chi connectivity index (χ1n) is 5.20. The number of benzene rings is 1. The van der Waals surface area contributed by atoms with Crippen molar-refractivity contribution in [2.24, 2.45) is 0 Å². The molecule has 1 N–H and O–H groups in total. The molecule has 88 valence electrons. The normalized spacial score (nSPS) is 10.2. The van der Waals surface area contributed by atoms with Gasteiger partial charge in [-0.15, -0.1) is 0 Å². The molecule has 0 radical (unpaired) electrons. The van der Waals surface area contributed by atoms with Gasteiger partial charge in [-0.1, -0.05) is 18.2 Å². The van der Waals surface area contributed by atoms with Crippen LogP contribution >= 0.6 is 0 Å². The summed E-state index contributed by atoms with van der Waals surface area (Å²) in [5.74, 6) is 0.197. The van der Waals surface area contributed by atoms with Gasteiger partial charge in [0.2, 0.25) is 0 Å². The van der Waals surface area contributed by atoms with Gasteiger partial charge in [-0.2, -0.15) is 0 Å². The Morgan fingerprint density at radius 3 is 2.47 bits per heavy atom. The van der Waals surface area contributed by atoms with Crippen LogP contribution in [-0.4, -0.2) is 22.6 Å². The molecule has 1 aromatic carbocycles. The van der Waals surface area contributed by atoms with E-state index in [-0.39, 0.29) is 11.7 Å². The van der Waals surface area contributed by atoms with E-state index >= 15 is 0 Å². The fourth-order valence-corrected chi connectivity index (χ4v) is 1.80. The lowest BCUT2D eigenvalue weighted by Gasteiger charge is -2.08. The van der Waals surface area contributed by atoms with Crippen molar-refractivity contribution < 1.29 is 14.6 Å².